The van der Waals surface area contributed by atoms with Gasteiger partial charge in [-0.25, -0.2) is 0 Å². The van der Waals surface area contributed by atoms with Gasteiger partial charge in [0, 0.05) is 12.1 Å². The van der Waals surface area contributed by atoms with Gasteiger partial charge in [0.05, 0.1) is 19.9 Å². The lowest BCUT2D eigenvalue weighted by Crippen LogP contribution is -2.40. The van der Waals surface area contributed by atoms with Crippen molar-refractivity contribution < 1.29 is 19.1 Å². The van der Waals surface area contributed by atoms with Gasteiger partial charge in [-0.3, -0.25) is 9.59 Å². The van der Waals surface area contributed by atoms with Gasteiger partial charge in [-0.1, -0.05) is 0 Å². The fourth-order valence-electron chi connectivity index (χ4n) is 2.39. The van der Waals surface area contributed by atoms with Crippen LogP contribution in [0.4, 0.5) is 5.69 Å². The number of amides is 2. The zero-order chi connectivity index (χ0) is 15.7. The molecule has 0 unspecified atom stereocenters. The number of nitrogens with one attached hydrogen (secondary N) is 2. The van der Waals surface area contributed by atoms with Crippen molar-refractivity contribution >= 4 is 17.5 Å². The summed E-state index contributed by atoms with van der Waals surface area (Å²) in [5, 5.41) is 5.73. The molecule has 0 heterocycles. The van der Waals surface area contributed by atoms with Crippen molar-refractivity contribution in [2.24, 2.45) is 5.41 Å². The van der Waals surface area contributed by atoms with Gasteiger partial charge in [-0.05, 0) is 37.8 Å². The maximum absolute atomic E-state index is 12.5. The highest BCUT2D eigenvalue weighted by atomic mass is 16.5. The molecule has 6 heteroatoms. The normalized spacial score (nSPS) is 18.3. The molecule has 0 atom stereocenters. The van der Waals surface area contributed by atoms with E-state index in [1.165, 1.54) is 7.11 Å². The molecule has 1 aromatic rings. The first-order valence-electron chi connectivity index (χ1n) is 7.43. The van der Waals surface area contributed by atoms with E-state index in [1.54, 1.807) is 25.3 Å². The molecular weight excluding hydrogens is 284 g/mol. The summed E-state index contributed by atoms with van der Waals surface area (Å²) < 4.78 is 10.4. The Morgan fingerprint density at radius 3 is 2.41 bits per heavy atom. The molecule has 22 heavy (non-hydrogen) atoms. The minimum atomic E-state index is -0.920. The summed E-state index contributed by atoms with van der Waals surface area (Å²) in [6.45, 7) is 0. The van der Waals surface area contributed by atoms with Crippen LogP contribution in [0.2, 0.25) is 0 Å². The summed E-state index contributed by atoms with van der Waals surface area (Å²) >= 11 is 0. The third-order valence-corrected chi connectivity index (χ3v) is 4.19. The number of carbonyl (C=O) groups excluding carboxylic acids is 2. The van der Waals surface area contributed by atoms with E-state index in [0.717, 1.165) is 12.8 Å². The van der Waals surface area contributed by atoms with Crippen LogP contribution in [-0.4, -0.2) is 32.1 Å². The van der Waals surface area contributed by atoms with E-state index in [2.05, 4.69) is 10.6 Å². The molecule has 0 aliphatic heterocycles. The number of ether oxygens (including phenoxy) is 2. The highest BCUT2D eigenvalue weighted by Crippen LogP contribution is 2.48. The summed E-state index contributed by atoms with van der Waals surface area (Å²) in [6.07, 6.45) is 3.19. The van der Waals surface area contributed by atoms with Crippen LogP contribution in [0, 0.1) is 5.41 Å². The molecule has 2 fully saturated rings. The SMILES string of the molecule is COc1ccc(OC)c(NC(=O)C2(C(=O)NC3CC3)CC2)c1. The van der Waals surface area contributed by atoms with E-state index in [4.69, 9.17) is 9.47 Å². The van der Waals surface area contributed by atoms with Crippen molar-refractivity contribution in [1.29, 1.82) is 0 Å². The monoisotopic (exact) mass is 304 g/mol. The van der Waals surface area contributed by atoms with E-state index in [1.807, 2.05) is 0 Å². The highest BCUT2D eigenvalue weighted by Gasteiger charge is 2.57. The van der Waals surface area contributed by atoms with Crippen molar-refractivity contribution in [2.75, 3.05) is 19.5 Å². The van der Waals surface area contributed by atoms with Gasteiger partial charge in [0.2, 0.25) is 11.8 Å². The van der Waals surface area contributed by atoms with Crippen LogP contribution in [0.3, 0.4) is 0 Å². The fourth-order valence-corrected chi connectivity index (χ4v) is 2.39. The number of methoxy groups -OCH3 is 2. The predicted octanol–water partition coefficient (Wildman–Crippen LogP) is 1.70. The number of hydrogen-bond acceptors (Lipinski definition) is 4. The highest BCUT2D eigenvalue weighted by molar-refractivity contribution is 6.13. The fraction of sp³-hybridized carbons (Fsp3) is 0.500. The van der Waals surface area contributed by atoms with Gasteiger partial charge in [-0.2, -0.15) is 0 Å². The molecular formula is C16H20N2O4. The molecule has 3 rings (SSSR count). The first-order chi connectivity index (χ1) is 10.6. The Labute approximate surface area is 129 Å². The standard InChI is InChI=1S/C16H20N2O4/c1-21-11-5-6-13(22-2)12(9-11)18-15(20)16(7-8-16)14(19)17-10-3-4-10/h5-6,9-10H,3-4,7-8H2,1-2H3,(H,17,19)(H,18,20). The van der Waals surface area contributed by atoms with E-state index in [0.29, 0.717) is 30.0 Å². The zero-order valence-electron chi connectivity index (χ0n) is 12.8. The van der Waals surface area contributed by atoms with Gasteiger partial charge in [0.1, 0.15) is 16.9 Å². The lowest BCUT2D eigenvalue weighted by molar-refractivity contribution is -0.134. The number of benzene rings is 1. The summed E-state index contributed by atoms with van der Waals surface area (Å²) in [6, 6.07) is 5.41. The summed E-state index contributed by atoms with van der Waals surface area (Å²) in [5.74, 6) is 0.711. The number of anilines is 1. The zero-order valence-corrected chi connectivity index (χ0v) is 12.8. The second kappa shape index (κ2) is 5.51. The minimum absolute atomic E-state index is 0.158. The van der Waals surface area contributed by atoms with Crippen LogP contribution in [0.15, 0.2) is 18.2 Å². The largest absolute Gasteiger partial charge is 0.497 e. The molecule has 2 saturated carbocycles. The molecule has 0 aromatic heterocycles. The average molecular weight is 304 g/mol. The Morgan fingerprint density at radius 2 is 1.86 bits per heavy atom. The Balaban J connectivity index is 1.74. The van der Waals surface area contributed by atoms with Gasteiger partial charge < -0.3 is 20.1 Å². The van der Waals surface area contributed by atoms with Crippen molar-refractivity contribution in [3.8, 4) is 11.5 Å². The second-order valence-electron chi connectivity index (χ2n) is 5.85. The van der Waals surface area contributed by atoms with Crippen LogP contribution >= 0.6 is 0 Å². The van der Waals surface area contributed by atoms with Crippen LogP contribution in [0.25, 0.3) is 0 Å². The second-order valence-corrected chi connectivity index (χ2v) is 5.85. The lowest BCUT2D eigenvalue weighted by atomic mass is 10.0. The Bertz CT molecular complexity index is 606. The Morgan fingerprint density at radius 1 is 1.14 bits per heavy atom. The minimum Gasteiger partial charge on any atom is -0.497 e. The number of hydrogen-bond donors (Lipinski definition) is 2. The molecule has 2 aliphatic carbocycles. The molecule has 6 nitrogen and oxygen atoms in total. The van der Waals surface area contributed by atoms with Crippen molar-refractivity contribution in [1.82, 2.24) is 5.32 Å². The Kier molecular flexibility index (Phi) is 3.68. The van der Waals surface area contributed by atoms with E-state index in [-0.39, 0.29) is 17.9 Å². The van der Waals surface area contributed by atoms with Crippen molar-refractivity contribution in [3.63, 3.8) is 0 Å². The van der Waals surface area contributed by atoms with E-state index < -0.39 is 5.41 Å². The maximum atomic E-state index is 12.5. The molecule has 0 bridgehead atoms. The van der Waals surface area contributed by atoms with Gasteiger partial charge >= 0.3 is 0 Å². The molecule has 0 saturated heterocycles. The maximum Gasteiger partial charge on any atom is 0.240 e. The Hall–Kier alpha value is -2.24. The topological polar surface area (TPSA) is 76.7 Å². The first kappa shape index (κ1) is 14.7. The van der Waals surface area contributed by atoms with Crippen LogP contribution in [0.1, 0.15) is 25.7 Å². The van der Waals surface area contributed by atoms with Gasteiger partial charge in [0.15, 0.2) is 0 Å². The molecule has 0 radical (unpaired) electrons. The smallest absolute Gasteiger partial charge is 0.240 e. The van der Waals surface area contributed by atoms with Crippen LogP contribution < -0.4 is 20.1 Å². The van der Waals surface area contributed by atoms with E-state index in [9.17, 15) is 9.59 Å². The van der Waals surface area contributed by atoms with Gasteiger partial charge in [-0.15, -0.1) is 0 Å². The molecule has 0 spiro atoms. The summed E-state index contributed by atoms with van der Waals surface area (Å²) in [7, 11) is 3.09. The first-order valence-corrected chi connectivity index (χ1v) is 7.43. The van der Waals surface area contributed by atoms with Crippen molar-refractivity contribution in [2.45, 2.75) is 31.7 Å². The third-order valence-electron chi connectivity index (χ3n) is 4.19. The van der Waals surface area contributed by atoms with Crippen molar-refractivity contribution in [3.05, 3.63) is 18.2 Å². The molecule has 2 N–H and O–H groups in total. The summed E-state index contributed by atoms with van der Waals surface area (Å²) in [4.78, 5) is 24.8. The molecule has 1 aromatic carbocycles. The van der Waals surface area contributed by atoms with Crippen LogP contribution in [-0.2, 0) is 9.59 Å². The predicted molar refractivity (Wildman–Crippen MR) is 81.0 cm³/mol. The molecule has 2 aliphatic rings. The molecule has 2 amide bonds. The van der Waals surface area contributed by atoms with Gasteiger partial charge in [0.25, 0.3) is 0 Å². The van der Waals surface area contributed by atoms with Crippen LogP contribution in [0.5, 0.6) is 11.5 Å². The number of rotatable bonds is 6. The average Bonchev–Trinajstić information content (AvgIpc) is 3.40. The quantitative estimate of drug-likeness (QED) is 0.784. The molecule has 118 valence electrons. The number of carbonyl (C=O) groups is 2. The third kappa shape index (κ3) is 2.73. The summed E-state index contributed by atoms with van der Waals surface area (Å²) in [5.41, 5.74) is -0.409. The van der Waals surface area contributed by atoms with E-state index >= 15 is 0 Å². The lowest BCUT2D eigenvalue weighted by Gasteiger charge is -2.17.